The van der Waals surface area contributed by atoms with Crippen molar-refractivity contribution in [1.29, 1.82) is 0 Å². The van der Waals surface area contributed by atoms with E-state index in [1.165, 1.54) is 31.0 Å². The first-order valence-electron chi connectivity index (χ1n) is 18.9. The Hall–Kier alpha value is -5.82. The number of nitrogens with one attached hydrogen (secondary N) is 1. The van der Waals surface area contributed by atoms with Gasteiger partial charge in [-0.15, -0.1) is 0 Å². The lowest BCUT2D eigenvalue weighted by atomic mass is 10.1. The number of aliphatic carboxylic acids is 1. The van der Waals surface area contributed by atoms with E-state index < -0.39 is 41.8 Å². The minimum Gasteiger partial charge on any atom is -0.480 e. The maximum absolute atomic E-state index is 13.2. The van der Waals surface area contributed by atoms with Crippen LogP contribution in [0.5, 0.6) is 0 Å². The summed E-state index contributed by atoms with van der Waals surface area (Å²) >= 11 is 11.8. The van der Waals surface area contributed by atoms with E-state index in [9.17, 15) is 35.9 Å². The molecule has 0 radical (unpaired) electrons. The molecule has 324 valence electrons. The number of hydrogen-bond acceptors (Lipinski definition) is 7. The molecular formula is C40H40Cl2F6N10O3. The Morgan fingerprint density at radius 2 is 1.20 bits per heavy atom. The zero-order chi connectivity index (χ0) is 44.4. The number of carbonyl (C=O) groups is 2. The largest absolute Gasteiger partial charge is 0.480 e. The molecule has 6 heterocycles. The third-order valence-corrected chi connectivity index (χ3v) is 10.6. The number of alkyl halides is 6. The zero-order valence-corrected chi connectivity index (χ0v) is 34.6. The number of nitrogens with zero attached hydrogens (tertiary/aromatic N) is 9. The smallest absolute Gasteiger partial charge is 0.434 e. The van der Waals surface area contributed by atoms with Crippen molar-refractivity contribution in [3.8, 4) is 11.4 Å². The standard InChI is InChI=1S/C20H19ClF3N5O.C12H12ClN3.C8H9F3N2O2/c1-12(28-11-18(20(22,23)24)26-13(28)2)19(30)27-9-3-4-16-17(27)10-25-29(16)15-7-5-14(21)6-8-15;13-9-3-5-10(6-4-9)16-12-2-1-7-14-11(12)8-15-16;1-4(7(14)15)13-3-6(8(9,10)11)12-5(13)2/h5-8,10-12H,3-4,9H2,1-2H3;3-6,8,14H,1-2,7H2;3-4H,1-2H3,(H,14,15)/t12-;;4-/m0.0/s1. The molecule has 6 aromatic rings. The summed E-state index contributed by atoms with van der Waals surface area (Å²) in [4.78, 5) is 32.2. The van der Waals surface area contributed by atoms with E-state index in [1.807, 2.05) is 47.3 Å². The summed E-state index contributed by atoms with van der Waals surface area (Å²) in [7, 11) is 0. The molecule has 0 spiro atoms. The van der Waals surface area contributed by atoms with Crippen molar-refractivity contribution >= 4 is 46.5 Å². The van der Waals surface area contributed by atoms with Gasteiger partial charge in [-0.25, -0.2) is 24.1 Å². The van der Waals surface area contributed by atoms with E-state index in [-0.39, 0.29) is 17.6 Å². The second-order valence-electron chi connectivity index (χ2n) is 14.2. The van der Waals surface area contributed by atoms with Crippen molar-refractivity contribution in [3.05, 3.63) is 118 Å². The van der Waals surface area contributed by atoms with E-state index in [0.29, 0.717) is 23.5 Å². The Balaban J connectivity index is 0.000000169. The SMILES string of the molecule is Cc1nc(C(F)(F)F)cn1[C@@H](C)C(=O)N1CCCc2c1cnn2-c1ccc(Cl)cc1.Cc1nc(C(F)(F)F)cn1[C@@H](C)C(=O)O.Clc1ccc(-n2ncc3c2CCCN3)cc1. The number of fused-ring (bicyclic) bond motifs is 2. The quantitative estimate of drug-likeness (QED) is 0.158. The Kier molecular flexibility index (Phi) is 13.2. The summed E-state index contributed by atoms with van der Waals surface area (Å²) in [6.07, 6.45) is -0.311. The normalized spacial score (nSPS) is 14.7. The number of carbonyl (C=O) groups excluding carboxylic acids is 1. The molecule has 8 rings (SSSR count). The molecule has 61 heavy (non-hydrogen) atoms. The van der Waals surface area contributed by atoms with Crippen molar-refractivity contribution in [2.45, 2.75) is 77.8 Å². The summed E-state index contributed by atoms with van der Waals surface area (Å²) < 4.78 is 81.6. The minimum atomic E-state index is -4.56. The number of aryl methyl sites for hydroxylation is 2. The van der Waals surface area contributed by atoms with Gasteiger partial charge in [0.25, 0.3) is 0 Å². The van der Waals surface area contributed by atoms with Crippen molar-refractivity contribution in [2.24, 2.45) is 0 Å². The molecule has 0 bridgehead atoms. The third-order valence-electron chi connectivity index (χ3n) is 10.1. The molecule has 0 saturated carbocycles. The number of carboxylic acid groups (broad SMARTS) is 1. The van der Waals surface area contributed by atoms with Gasteiger partial charge >= 0.3 is 18.3 Å². The zero-order valence-electron chi connectivity index (χ0n) is 33.1. The summed E-state index contributed by atoms with van der Waals surface area (Å²) in [5.74, 6) is -1.35. The third kappa shape index (κ3) is 10.0. The monoisotopic (exact) mass is 892 g/mol. The number of benzene rings is 2. The van der Waals surface area contributed by atoms with E-state index in [4.69, 9.17) is 28.3 Å². The summed E-state index contributed by atoms with van der Waals surface area (Å²) in [6.45, 7) is 7.17. The van der Waals surface area contributed by atoms with Crippen LogP contribution >= 0.6 is 23.2 Å². The average molecular weight is 894 g/mol. The van der Waals surface area contributed by atoms with Gasteiger partial charge in [0.15, 0.2) is 11.4 Å². The number of amides is 1. The fourth-order valence-corrected chi connectivity index (χ4v) is 7.17. The number of carboxylic acids is 1. The van der Waals surface area contributed by atoms with Gasteiger partial charge < -0.3 is 24.5 Å². The average Bonchev–Trinajstić information content (AvgIpc) is 4.03. The van der Waals surface area contributed by atoms with Gasteiger partial charge in [-0.05, 0) is 102 Å². The first kappa shape index (κ1) is 44.7. The predicted molar refractivity (Wildman–Crippen MR) is 216 cm³/mol. The predicted octanol–water partition coefficient (Wildman–Crippen LogP) is 9.33. The summed E-state index contributed by atoms with van der Waals surface area (Å²) in [6, 6.07) is 13.1. The van der Waals surface area contributed by atoms with Crippen molar-refractivity contribution in [2.75, 3.05) is 23.3 Å². The van der Waals surface area contributed by atoms with Crippen LogP contribution in [-0.4, -0.2) is 68.7 Å². The molecule has 2 aliphatic heterocycles. The lowest BCUT2D eigenvalue weighted by Gasteiger charge is -2.30. The lowest BCUT2D eigenvalue weighted by molar-refractivity contribution is -0.142. The second kappa shape index (κ2) is 18.0. The molecule has 0 fully saturated rings. The van der Waals surface area contributed by atoms with Gasteiger partial charge in [-0.2, -0.15) is 36.5 Å². The second-order valence-corrected chi connectivity index (χ2v) is 15.1. The molecule has 13 nitrogen and oxygen atoms in total. The van der Waals surface area contributed by atoms with Crippen LogP contribution in [0, 0.1) is 13.8 Å². The summed E-state index contributed by atoms with van der Waals surface area (Å²) in [5.41, 5.74) is 3.76. The van der Waals surface area contributed by atoms with Gasteiger partial charge in [0.2, 0.25) is 5.91 Å². The number of hydrogen-bond donors (Lipinski definition) is 2. The number of rotatable bonds is 6. The summed E-state index contributed by atoms with van der Waals surface area (Å²) in [5, 5.41) is 22.2. The first-order chi connectivity index (χ1) is 28.7. The van der Waals surface area contributed by atoms with Crippen LogP contribution in [0.25, 0.3) is 11.4 Å². The van der Waals surface area contributed by atoms with Gasteiger partial charge in [0.1, 0.15) is 23.7 Å². The molecule has 1 amide bonds. The highest BCUT2D eigenvalue weighted by molar-refractivity contribution is 6.30. The molecule has 21 heteroatoms. The fraction of sp³-hybridized carbons (Fsp3) is 0.350. The van der Waals surface area contributed by atoms with Crippen LogP contribution < -0.4 is 10.2 Å². The Morgan fingerprint density at radius 3 is 1.69 bits per heavy atom. The van der Waals surface area contributed by atoms with Crippen LogP contribution in [0.3, 0.4) is 0 Å². The van der Waals surface area contributed by atoms with Gasteiger partial charge in [-0.3, -0.25) is 4.79 Å². The topological polar surface area (TPSA) is 141 Å². The molecule has 2 atom stereocenters. The van der Waals surface area contributed by atoms with E-state index >= 15 is 0 Å². The number of imidazole rings is 2. The highest BCUT2D eigenvalue weighted by Gasteiger charge is 2.37. The van der Waals surface area contributed by atoms with Crippen LogP contribution in [0.4, 0.5) is 37.7 Å². The van der Waals surface area contributed by atoms with Gasteiger partial charge in [0.05, 0.1) is 46.5 Å². The number of anilines is 2. The van der Waals surface area contributed by atoms with E-state index in [0.717, 1.165) is 70.8 Å². The van der Waals surface area contributed by atoms with Crippen LogP contribution in [0.15, 0.2) is 73.3 Å². The number of aromatic nitrogens is 8. The van der Waals surface area contributed by atoms with Crippen LogP contribution in [0.2, 0.25) is 10.0 Å². The number of halogens is 8. The Bertz CT molecular complexity index is 2490. The van der Waals surface area contributed by atoms with Crippen molar-refractivity contribution in [1.82, 2.24) is 38.7 Å². The van der Waals surface area contributed by atoms with Crippen molar-refractivity contribution < 1.29 is 41.0 Å². The highest BCUT2D eigenvalue weighted by atomic mass is 35.5. The Morgan fingerprint density at radius 1 is 0.721 bits per heavy atom. The first-order valence-corrected chi connectivity index (χ1v) is 19.7. The minimum absolute atomic E-state index is 0.0252. The molecule has 4 aromatic heterocycles. The molecule has 0 aliphatic carbocycles. The van der Waals surface area contributed by atoms with Gasteiger partial charge in [0, 0.05) is 35.5 Å². The highest BCUT2D eigenvalue weighted by Crippen LogP contribution is 2.34. The van der Waals surface area contributed by atoms with E-state index in [2.05, 4.69) is 25.5 Å². The van der Waals surface area contributed by atoms with Crippen molar-refractivity contribution in [3.63, 3.8) is 0 Å². The molecule has 0 unspecified atom stereocenters. The van der Waals surface area contributed by atoms with Crippen LogP contribution in [0.1, 0.15) is 73.2 Å². The molecular weight excluding hydrogens is 853 g/mol. The fourth-order valence-electron chi connectivity index (χ4n) is 6.92. The lowest BCUT2D eigenvalue weighted by Crippen LogP contribution is -2.39. The maximum Gasteiger partial charge on any atom is 0.434 e. The molecule has 2 N–H and O–H groups in total. The maximum atomic E-state index is 13.2. The molecule has 0 saturated heterocycles. The van der Waals surface area contributed by atoms with Gasteiger partial charge in [-0.1, -0.05) is 23.2 Å². The molecule has 2 aromatic carbocycles. The van der Waals surface area contributed by atoms with Crippen LogP contribution in [-0.2, 0) is 34.8 Å². The molecule has 2 aliphatic rings. The Labute approximate surface area is 355 Å². The van der Waals surface area contributed by atoms with E-state index in [1.54, 1.807) is 34.8 Å².